The van der Waals surface area contributed by atoms with Crippen LogP contribution in [0.25, 0.3) is 11.1 Å². The molecule has 0 heterocycles. The fourth-order valence-electron chi connectivity index (χ4n) is 3.24. The first-order valence-corrected chi connectivity index (χ1v) is 10.9. The van der Waals surface area contributed by atoms with E-state index in [4.69, 9.17) is 4.74 Å². The van der Waals surface area contributed by atoms with Crippen LogP contribution in [0.1, 0.15) is 38.3 Å². The van der Waals surface area contributed by atoms with Crippen LogP contribution in [0.15, 0.2) is 48.5 Å². The Balaban J connectivity index is 2.07. The number of nitrogens with one attached hydrogen (secondary N) is 1. The molecule has 0 unspecified atom stereocenters. The van der Waals surface area contributed by atoms with Crippen molar-refractivity contribution in [2.24, 2.45) is 0 Å². The lowest BCUT2D eigenvalue weighted by molar-refractivity contribution is -0.140. The molecule has 7 heteroatoms. The number of esters is 1. The van der Waals surface area contributed by atoms with Gasteiger partial charge >= 0.3 is 12.1 Å². The molecular weight excluding hydrogens is 420 g/mol. The van der Waals surface area contributed by atoms with E-state index in [9.17, 15) is 14.4 Å². The van der Waals surface area contributed by atoms with E-state index >= 15 is 0 Å². The summed E-state index contributed by atoms with van der Waals surface area (Å²) in [4.78, 5) is 37.6. The van der Waals surface area contributed by atoms with Gasteiger partial charge in [0, 0.05) is 26.9 Å². The number of nitrogens with zero attached hydrogens (tertiary/aromatic N) is 1. The van der Waals surface area contributed by atoms with Crippen LogP contribution >= 0.6 is 0 Å². The molecule has 0 aliphatic rings. The number of hydrogen-bond acceptors (Lipinski definition) is 5. The minimum absolute atomic E-state index is 0.201. The number of carbonyl (C=O) groups is 3. The van der Waals surface area contributed by atoms with Gasteiger partial charge in [0.15, 0.2) is 0 Å². The first kappa shape index (κ1) is 25.9. The van der Waals surface area contributed by atoms with Crippen molar-refractivity contribution in [2.75, 3.05) is 21.2 Å². The van der Waals surface area contributed by atoms with E-state index in [1.165, 1.54) is 12.0 Å². The van der Waals surface area contributed by atoms with Gasteiger partial charge in [-0.25, -0.2) is 4.79 Å². The summed E-state index contributed by atoms with van der Waals surface area (Å²) in [6.45, 7) is 5.33. The smallest absolute Gasteiger partial charge is 0.408 e. The van der Waals surface area contributed by atoms with Crippen molar-refractivity contribution in [1.82, 2.24) is 10.2 Å². The van der Waals surface area contributed by atoms with Crippen LogP contribution in [0, 0.1) is 0 Å². The highest BCUT2D eigenvalue weighted by Gasteiger charge is 2.25. The highest BCUT2D eigenvalue weighted by Crippen LogP contribution is 2.21. The highest BCUT2D eigenvalue weighted by molar-refractivity contribution is 5.85. The van der Waals surface area contributed by atoms with E-state index < -0.39 is 17.7 Å². The van der Waals surface area contributed by atoms with Crippen LogP contribution in [-0.2, 0) is 31.9 Å². The molecule has 7 nitrogen and oxygen atoms in total. The summed E-state index contributed by atoms with van der Waals surface area (Å²) < 4.78 is 9.99. The molecule has 0 saturated heterocycles. The fourth-order valence-corrected chi connectivity index (χ4v) is 3.24. The Morgan fingerprint density at radius 1 is 0.909 bits per heavy atom. The van der Waals surface area contributed by atoms with Gasteiger partial charge in [-0.3, -0.25) is 9.59 Å². The molecule has 2 amide bonds. The van der Waals surface area contributed by atoms with E-state index in [2.05, 4.69) is 10.1 Å². The SMILES string of the molecule is COC(=O)CCc1ccc(-c2ccc(C[C@H](NC(=O)OC(C)(C)C)C(=O)N(C)C)cc2)cc1. The zero-order chi connectivity index (χ0) is 24.6. The van der Waals surface area contributed by atoms with Gasteiger partial charge in [-0.05, 0) is 49.4 Å². The maximum atomic E-state index is 12.6. The normalized spacial score (nSPS) is 11.9. The first-order valence-electron chi connectivity index (χ1n) is 10.9. The Morgan fingerprint density at radius 3 is 1.88 bits per heavy atom. The molecule has 0 radical (unpaired) electrons. The zero-order valence-corrected chi connectivity index (χ0v) is 20.3. The van der Waals surface area contributed by atoms with E-state index in [0.717, 1.165) is 22.3 Å². The maximum absolute atomic E-state index is 12.6. The van der Waals surface area contributed by atoms with Gasteiger partial charge in [0.1, 0.15) is 11.6 Å². The van der Waals surface area contributed by atoms with Crippen molar-refractivity contribution >= 4 is 18.0 Å². The molecule has 2 aromatic rings. The van der Waals surface area contributed by atoms with Gasteiger partial charge in [0.2, 0.25) is 5.91 Å². The molecule has 0 saturated carbocycles. The van der Waals surface area contributed by atoms with Gasteiger partial charge in [-0.15, -0.1) is 0 Å². The molecule has 178 valence electrons. The number of amides is 2. The molecule has 2 aromatic carbocycles. The number of carbonyl (C=O) groups excluding carboxylic acids is 3. The van der Waals surface area contributed by atoms with E-state index in [-0.39, 0.29) is 11.9 Å². The van der Waals surface area contributed by atoms with Gasteiger partial charge in [0.05, 0.1) is 7.11 Å². The summed E-state index contributed by atoms with van der Waals surface area (Å²) in [5.41, 5.74) is 3.43. The Labute approximate surface area is 196 Å². The molecule has 0 aliphatic carbocycles. The average Bonchev–Trinajstić information content (AvgIpc) is 2.76. The second kappa shape index (κ2) is 11.5. The molecule has 0 aliphatic heterocycles. The third-order valence-electron chi connectivity index (χ3n) is 4.96. The number of benzene rings is 2. The minimum atomic E-state index is -0.727. The quantitative estimate of drug-likeness (QED) is 0.610. The summed E-state index contributed by atoms with van der Waals surface area (Å²) in [6, 6.07) is 15.2. The lowest BCUT2D eigenvalue weighted by atomic mass is 9.99. The Kier molecular flexibility index (Phi) is 9.02. The van der Waals surface area contributed by atoms with Crippen molar-refractivity contribution in [3.63, 3.8) is 0 Å². The molecule has 0 bridgehead atoms. The number of ether oxygens (including phenoxy) is 2. The largest absolute Gasteiger partial charge is 0.469 e. The number of aryl methyl sites for hydroxylation is 1. The molecular formula is C26H34N2O5. The van der Waals surface area contributed by atoms with Crippen LogP contribution < -0.4 is 5.32 Å². The Bertz CT molecular complexity index is 944. The van der Waals surface area contributed by atoms with Gasteiger partial charge in [-0.1, -0.05) is 48.5 Å². The van der Waals surface area contributed by atoms with Gasteiger partial charge in [0.25, 0.3) is 0 Å². The summed E-state index contributed by atoms with van der Waals surface area (Å²) in [5.74, 6) is -0.422. The summed E-state index contributed by atoms with van der Waals surface area (Å²) in [5, 5.41) is 2.69. The molecule has 1 atom stereocenters. The molecule has 33 heavy (non-hydrogen) atoms. The van der Waals surface area contributed by atoms with E-state index in [1.54, 1.807) is 34.9 Å². The van der Waals surface area contributed by atoms with E-state index in [0.29, 0.717) is 19.3 Å². The van der Waals surface area contributed by atoms with Gasteiger partial charge in [-0.2, -0.15) is 0 Å². The van der Waals surface area contributed by atoms with Crippen molar-refractivity contribution in [3.05, 3.63) is 59.7 Å². The van der Waals surface area contributed by atoms with Crippen molar-refractivity contribution in [2.45, 2.75) is 51.7 Å². The second-order valence-electron chi connectivity index (χ2n) is 9.11. The number of likely N-dealkylation sites (N-methyl/N-ethyl adjacent to an activating group) is 1. The lowest BCUT2D eigenvalue weighted by Crippen LogP contribution is -2.48. The third kappa shape index (κ3) is 8.60. The van der Waals surface area contributed by atoms with Crippen LogP contribution in [0.5, 0.6) is 0 Å². The highest BCUT2D eigenvalue weighted by atomic mass is 16.6. The fraction of sp³-hybridized carbons (Fsp3) is 0.423. The number of rotatable bonds is 8. The summed E-state index contributed by atoms with van der Waals surface area (Å²) in [7, 11) is 4.70. The third-order valence-corrected chi connectivity index (χ3v) is 4.96. The molecule has 2 rings (SSSR count). The molecule has 0 aromatic heterocycles. The number of methoxy groups -OCH3 is 1. The maximum Gasteiger partial charge on any atom is 0.408 e. The molecule has 1 N–H and O–H groups in total. The van der Waals surface area contributed by atoms with Crippen LogP contribution in [0.2, 0.25) is 0 Å². The van der Waals surface area contributed by atoms with Crippen molar-refractivity contribution in [3.8, 4) is 11.1 Å². The number of hydrogen-bond donors (Lipinski definition) is 1. The standard InChI is InChI=1S/C26H34N2O5/c1-26(2,3)33-25(31)27-22(24(30)28(4)5)17-19-9-14-21(15-10-19)20-12-7-18(8-13-20)11-16-23(29)32-6/h7-10,12-15,22H,11,16-17H2,1-6H3,(H,27,31)/t22-/m0/s1. The zero-order valence-electron chi connectivity index (χ0n) is 20.3. The predicted octanol–water partition coefficient (Wildman–Crippen LogP) is 3.98. The lowest BCUT2D eigenvalue weighted by Gasteiger charge is -2.25. The minimum Gasteiger partial charge on any atom is -0.469 e. The van der Waals surface area contributed by atoms with Crippen molar-refractivity contribution in [1.29, 1.82) is 0 Å². The summed E-state index contributed by atoms with van der Waals surface area (Å²) in [6.07, 6.45) is 0.724. The Morgan fingerprint density at radius 2 is 1.42 bits per heavy atom. The van der Waals surface area contributed by atoms with Crippen LogP contribution in [0.4, 0.5) is 4.79 Å². The van der Waals surface area contributed by atoms with Crippen LogP contribution in [-0.4, -0.2) is 55.7 Å². The Hall–Kier alpha value is -3.35. The van der Waals surface area contributed by atoms with E-state index in [1.807, 2.05) is 48.5 Å². The molecule has 0 fully saturated rings. The van der Waals surface area contributed by atoms with Gasteiger partial charge < -0.3 is 19.7 Å². The summed E-state index contributed by atoms with van der Waals surface area (Å²) >= 11 is 0. The predicted molar refractivity (Wildman–Crippen MR) is 128 cm³/mol. The molecule has 0 spiro atoms. The first-order chi connectivity index (χ1) is 15.5. The number of alkyl carbamates (subject to hydrolysis) is 1. The second-order valence-corrected chi connectivity index (χ2v) is 9.11. The van der Waals surface area contributed by atoms with Crippen LogP contribution in [0.3, 0.4) is 0 Å². The average molecular weight is 455 g/mol. The topological polar surface area (TPSA) is 84.9 Å². The van der Waals surface area contributed by atoms with Crippen molar-refractivity contribution < 1.29 is 23.9 Å². The monoisotopic (exact) mass is 454 g/mol.